The second-order valence-electron chi connectivity index (χ2n) is 2.83. The van der Waals surface area contributed by atoms with Crippen molar-refractivity contribution < 1.29 is 8.78 Å². The third-order valence-corrected chi connectivity index (χ3v) is 1.94. The van der Waals surface area contributed by atoms with Crippen LogP contribution in [-0.4, -0.2) is 4.98 Å². The summed E-state index contributed by atoms with van der Waals surface area (Å²) in [5, 5.41) is 8.43. The fourth-order valence-corrected chi connectivity index (χ4v) is 1.23. The number of hydrogen-bond acceptors (Lipinski definition) is 2. The summed E-state index contributed by atoms with van der Waals surface area (Å²) >= 11 is 0. The molecule has 0 atom stereocenters. The van der Waals surface area contributed by atoms with Crippen LogP contribution in [0.1, 0.15) is 23.1 Å². The molecule has 14 heavy (non-hydrogen) atoms. The summed E-state index contributed by atoms with van der Waals surface area (Å²) < 4.78 is 24.9. The SMILES string of the molecule is Cc1c[nH]c(=O)c(C(F)F)c1CC#N. The Hall–Kier alpha value is -1.70. The molecule has 0 saturated heterocycles. The highest BCUT2D eigenvalue weighted by molar-refractivity contribution is 5.33. The summed E-state index contributed by atoms with van der Waals surface area (Å²) in [6, 6.07) is 1.76. The highest BCUT2D eigenvalue weighted by Crippen LogP contribution is 2.21. The molecule has 5 heteroatoms. The molecule has 1 N–H and O–H groups in total. The van der Waals surface area contributed by atoms with Crippen LogP contribution in [0.3, 0.4) is 0 Å². The molecule has 0 unspecified atom stereocenters. The van der Waals surface area contributed by atoms with Crippen molar-refractivity contribution in [2.45, 2.75) is 19.8 Å². The minimum absolute atomic E-state index is 0.131. The molecule has 1 aromatic rings. The Morgan fingerprint density at radius 1 is 1.64 bits per heavy atom. The summed E-state index contributed by atoms with van der Waals surface area (Å²) in [7, 11) is 0. The number of aryl methyl sites for hydroxylation is 1. The van der Waals surface area contributed by atoms with Gasteiger partial charge in [0.1, 0.15) is 0 Å². The van der Waals surface area contributed by atoms with Gasteiger partial charge in [-0.05, 0) is 18.1 Å². The molecule has 0 saturated carbocycles. The molecule has 1 heterocycles. The van der Waals surface area contributed by atoms with Gasteiger partial charge in [0.25, 0.3) is 12.0 Å². The van der Waals surface area contributed by atoms with Crippen molar-refractivity contribution in [3.05, 3.63) is 33.2 Å². The molecule has 0 bridgehead atoms. The van der Waals surface area contributed by atoms with E-state index in [9.17, 15) is 13.6 Å². The molecule has 0 aliphatic rings. The molecular formula is C9H8F2N2O. The summed E-state index contributed by atoms with van der Waals surface area (Å²) in [5.41, 5.74) is -0.782. The van der Waals surface area contributed by atoms with Gasteiger partial charge < -0.3 is 4.98 Å². The number of nitrogens with one attached hydrogen (secondary N) is 1. The predicted molar refractivity (Wildman–Crippen MR) is 46.1 cm³/mol. The number of hydrogen-bond donors (Lipinski definition) is 1. The predicted octanol–water partition coefficient (Wildman–Crippen LogP) is 1.69. The number of nitriles is 1. The first kappa shape index (κ1) is 10.4. The Bertz CT molecular complexity index is 431. The number of H-pyrrole nitrogens is 1. The van der Waals surface area contributed by atoms with Crippen LogP contribution < -0.4 is 5.56 Å². The lowest BCUT2D eigenvalue weighted by molar-refractivity contribution is 0.148. The molecular weight excluding hydrogens is 190 g/mol. The van der Waals surface area contributed by atoms with E-state index in [0.29, 0.717) is 5.56 Å². The van der Waals surface area contributed by atoms with Crippen LogP contribution in [0.2, 0.25) is 0 Å². The summed E-state index contributed by atoms with van der Waals surface area (Å²) in [5.74, 6) is 0. The molecule has 0 radical (unpaired) electrons. The smallest absolute Gasteiger partial charge is 0.269 e. The average molecular weight is 198 g/mol. The van der Waals surface area contributed by atoms with Crippen LogP contribution in [-0.2, 0) is 6.42 Å². The number of aromatic nitrogens is 1. The zero-order chi connectivity index (χ0) is 10.7. The molecule has 74 valence electrons. The molecule has 1 aromatic heterocycles. The number of pyridine rings is 1. The fraction of sp³-hybridized carbons (Fsp3) is 0.333. The second kappa shape index (κ2) is 4.01. The monoisotopic (exact) mass is 198 g/mol. The lowest BCUT2D eigenvalue weighted by atomic mass is 10.0. The molecule has 0 aromatic carbocycles. The number of rotatable bonds is 2. The molecule has 0 aliphatic carbocycles. The van der Waals surface area contributed by atoms with Gasteiger partial charge in [-0.2, -0.15) is 5.26 Å². The van der Waals surface area contributed by atoms with Crippen molar-refractivity contribution in [3.8, 4) is 6.07 Å². The third-order valence-electron chi connectivity index (χ3n) is 1.94. The summed E-state index contributed by atoms with van der Waals surface area (Å²) in [4.78, 5) is 13.3. The van der Waals surface area contributed by atoms with Gasteiger partial charge in [0.15, 0.2) is 0 Å². The number of aromatic amines is 1. The Kier molecular flexibility index (Phi) is 2.97. The minimum Gasteiger partial charge on any atom is -0.328 e. The second-order valence-corrected chi connectivity index (χ2v) is 2.83. The Labute approximate surface area is 79.0 Å². The van der Waals surface area contributed by atoms with E-state index in [-0.39, 0.29) is 12.0 Å². The summed E-state index contributed by atoms with van der Waals surface area (Å²) in [6.45, 7) is 1.58. The van der Waals surface area contributed by atoms with Crippen molar-refractivity contribution in [1.82, 2.24) is 4.98 Å². The van der Waals surface area contributed by atoms with Gasteiger partial charge in [0.2, 0.25) is 0 Å². The van der Waals surface area contributed by atoms with Crippen LogP contribution in [0.15, 0.2) is 11.0 Å². The maximum Gasteiger partial charge on any atom is 0.269 e. The lowest BCUT2D eigenvalue weighted by Gasteiger charge is -2.07. The number of alkyl halides is 2. The average Bonchev–Trinajstić information content (AvgIpc) is 2.11. The lowest BCUT2D eigenvalue weighted by Crippen LogP contribution is -2.16. The van der Waals surface area contributed by atoms with Gasteiger partial charge in [0.05, 0.1) is 18.1 Å². The van der Waals surface area contributed by atoms with Crippen LogP contribution in [0, 0.1) is 18.3 Å². The molecule has 0 spiro atoms. The Morgan fingerprint density at radius 2 is 2.29 bits per heavy atom. The fourth-order valence-electron chi connectivity index (χ4n) is 1.23. The van der Waals surface area contributed by atoms with E-state index in [2.05, 4.69) is 4.98 Å². The maximum absolute atomic E-state index is 12.5. The highest BCUT2D eigenvalue weighted by atomic mass is 19.3. The largest absolute Gasteiger partial charge is 0.328 e. The van der Waals surface area contributed by atoms with E-state index >= 15 is 0 Å². The van der Waals surface area contributed by atoms with Crippen molar-refractivity contribution in [1.29, 1.82) is 5.26 Å². The molecule has 0 fully saturated rings. The molecule has 1 rings (SSSR count). The van der Waals surface area contributed by atoms with E-state index < -0.39 is 17.5 Å². The first-order chi connectivity index (χ1) is 6.57. The standard InChI is InChI=1S/C9H8F2N2O/c1-5-4-13-9(14)7(8(10)11)6(5)2-3-12/h4,8H,2H2,1H3,(H,13,14). The highest BCUT2D eigenvalue weighted by Gasteiger charge is 2.18. The van der Waals surface area contributed by atoms with E-state index in [1.165, 1.54) is 6.20 Å². The quantitative estimate of drug-likeness (QED) is 0.786. The van der Waals surface area contributed by atoms with E-state index in [1.54, 1.807) is 13.0 Å². The van der Waals surface area contributed by atoms with Gasteiger partial charge in [-0.15, -0.1) is 0 Å². The van der Waals surface area contributed by atoms with Crippen molar-refractivity contribution in [2.24, 2.45) is 0 Å². The minimum atomic E-state index is -2.85. The van der Waals surface area contributed by atoms with Crippen molar-refractivity contribution in [2.75, 3.05) is 0 Å². The molecule has 0 amide bonds. The van der Waals surface area contributed by atoms with Gasteiger partial charge in [-0.3, -0.25) is 4.79 Å². The van der Waals surface area contributed by atoms with Crippen LogP contribution in [0.25, 0.3) is 0 Å². The zero-order valence-electron chi connectivity index (χ0n) is 7.47. The van der Waals surface area contributed by atoms with Gasteiger partial charge in [-0.1, -0.05) is 0 Å². The maximum atomic E-state index is 12.5. The van der Waals surface area contributed by atoms with Gasteiger partial charge in [-0.25, -0.2) is 8.78 Å². The summed E-state index contributed by atoms with van der Waals surface area (Å²) in [6.07, 6.45) is -1.68. The van der Waals surface area contributed by atoms with E-state index in [4.69, 9.17) is 5.26 Å². The molecule has 3 nitrogen and oxygen atoms in total. The first-order valence-electron chi connectivity index (χ1n) is 3.94. The third kappa shape index (κ3) is 1.79. The number of nitrogens with zero attached hydrogens (tertiary/aromatic N) is 1. The topological polar surface area (TPSA) is 56.6 Å². The normalized spacial score (nSPS) is 10.2. The van der Waals surface area contributed by atoms with Crippen molar-refractivity contribution in [3.63, 3.8) is 0 Å². The van der Waals surface area contributed by atoms with Crippen molar-refractivity contribution >= 4 is 0 Å². The van der Waals surface area contributed by atoms with Gasteiger partial charge in [0, 0.05) is 6.20 Å². The van der Waals surface area contributed by atoms with E-state index in [1.807, 2.05) is 0 Å². The van der Waals surface area contributed by atoms with Gasteiger partial charge >= 0.3 is 0 Å². The van der Waals surface area contributed by atoms with E-state index in [0.717, 1.165) is 0 Å². The van der Waals surface area contributed by atoms with Crippen LogP contribution in [0.4, 0.5) is 8.78 Å². The number of halogens is 2. The first-order valence-corrected chi connectivity index (χ1v) is 3.94. The molecule has 0 aliphatic heterocycles. The van der Waals surface area contributed by atoms with Crippen LogP contribution in [0.5, 0.6) is 0 Å². The zero-order valence-corrected chi connectivity index (χ0v) is 7.47. The van der Waals surface area contributed by atoms with Crippen LogP contribution >= 0.6 is 0 Å². The Morgan fingerprint density at radius 3 is 2.79 bits per heavy atom. The Balaban J connectivity index is 3.43.